The van der Waals surface area contributed by atoms with Gasteiger partial charge in [-0.1, -0.05) is 36.4 Å². The molecule has 2 aromatic carbocycles. The number of hydrazone groups is 1. The molecule has 0 radical (unpaired) electrons. The van der Waals surface area contributed by atoms with Crippen LogP contribution in [-0.4, -0.2) is 11.6 Å². The molecule has 1 heterocycles. The van der Waals surface area contributed by atoms with Crippen LogP contribution in [0, 0.1) is 0 Å². The minimum Gasteiger partial charge on any atom is -0.291 e. The fraction of sp³-hybridized carbons (Fsp3) is 0.0667. The third kappa shape index (κ3) is 3.12. The van der Waals surface area contributed by atoms with E-state index in [0.29, 0.717) is 5.84 Å². The van der Waals surface area contributed by atoms with Crippen LogP contribution in [0.15, 0.2) is 65.8 Å². The molecular weight excluding hydrogens is 332 g/mol. The Kier molecular flexibility index (Phi) is 4.72. The number of ketones is 1. The van der Waals surface area contributed by atoms with Crippen LogP contribution in [0.4, 0.5) is 11.4 Å². The largest absolute Gasteiger partial charge is 0.291 e. The number of anilines is 2. The Bertz CT molecular complexity index is 645. The number of hydrogen-bond donors (Lipinski definition) is 1. The molecule has 5 nitrogen and oxygen atoms in total. The molecule has 0 unspecified atom stereocenters. The molecule has 1 aliphatic heterocycles. The molecule has 3 rings (SSSR count). The summed E-state index contributed by atoms with van der Waals surface area (Å²) < 4.78 is 0. The van der Waals surface area contributed by atoms with Crippen molar-refractivity contribution in [3.8, 4) is 0 Å². The predicted octanol–water partition coefficient (Wildman–Crippen LogP) is 2.91. The lowest BCUT2D eigenvalue weighted by Gasteiger charge is -2.21. The summed E-state index contributed by atoms with van der Waals surface area (Å²) in [6.07, 6.45) is 0. The van der Waals surface area contributed by atoms with Gasteiger partial charge in [-0.25, -0.2) is 5.01 Å². The summed E-state index contributed by atoms with van der Waals surface area (Å²) in [5.74, 6) is 0.264. The van der Waals surface area contributed by atoms with Gasteiger partial charge in [0, 0.05) is 6.92 Å². The topological polar surface area (TPSA) is 47.9 Å². The van der Waals surface area contributed by atoms with E-state index in [4.69, 9.17) is 0 Å². The zero-order valence-electron chi connectivity index (χ0n) is 11.4. The number of halogens is 1. The van der Waals surface area contributed by atoms with E-state index >= 15 is 0 Å². The van der Waals surface area contributed by atoms with Crippen LogP contribution in [0.1, 0.15) is 6.92 Å². The van der Waals surface area contributed by atoms with E-state index < -0.39 is 0 Å². The quantitative estimate of drug-likeness (QED) is 0.928. The molecule has 0 amide bonds. The van der Waals surface area contributed by atoms with Gasteiger partial charge in [0.1, 0.15) is 0 Å². The Morgan fingerprint density at radius 2 is 1.48 bits per heavy atom. The minimum atomic E-state index is -0.0974. The smallest absolute Gasteiger partial charge is 0.214 e. The monoisotopic (exact) mass is 346 g/mol. The van der Waals surface area contributed by atoms with Crippen molar-refractivity contribution in [2.45, 2.75) is 6.92 Å². The highest BCUT2D eigenvalue weighted by Gasteiger charge is 2.27. The molecule has 0 aliphatic carbocycles. The number of benzene rings is 2. The first-order valence-corrected chi connectivity index (χ1v) is 6.32. The molecule has 2 aromatic rings. The summed E-state index contributed by atoms with van der Waals surface area (Å²) in [4.78, 5) is 11.8. The van der Waals surface area contributed by atoms with Crippen LogP contribution in [0.2, 0.25) is 0 Å². The van der Waals surface area contributed by atoms with Gasteiger partial charge >= 0.3 is 0 Å². The van der Waals surface area contributed by atoms with Crippen molar-refractivity contribution in [2.75, 3.05) is 10.1 Å². The number of nitrogens with zero attached hydrogens (tertiary/aromatic N) is 3. The van der Waals surface area contributed by atoms with E-state index in [1.807, 2.05) is 60.7 Å². The lowest BCUT2D eigenvalue weighted by atomic mass is 10.3. The molecule has 108 valence electrons. The molecule has 1 aliphatic rings. The number of carbonyl (C=O) groups is 1. The van der Waals surface area contributed by atoms with Crippen LogP contribution < -0.4 is 15.7 Å². The maximum Gasteiger partial charge on any atom is 0.214 e. The van der Waals surface area contributed by atoms with Gasteiger partial charge in [0.2, 0.25) is 5.84 Å². The second-order valence-electron chi connectivity index (χ2n) is 4.40. The van der Waals surface area contributed by atoms with E-state index in [2.05, 4.69) is 10.6 Å². The third-order valence-corrected chi connectivity index (χ3v) is 2.93. The van der Waals surface area contributed by atoms with Crippen molar-refractivity contribution in [3.63, 3.8) is 0 Å². The van der Waals surface area contributed by atoms with Crippen molar-refractivity contribution >= 4 is 40.0 Å². The zero-order chi connectivity index (χ0) is 13.9. The van der Waals surface area contributed by atoms with E-state index in [9.17, 15) is 4.79 Å². The van der Waals surface area contributed by atoms with Crippen LogP contribution in [0.3, 0.4) is 0 Å². The molecule has 6 heteroatoms. The number of hydrazine groups is 2. The first-order chi connectivity index (χ1) is 9.75. The van der Waals surface area contributed by atoms with Crippen LogP contribution in [0.5, 0.6) is 0 Å². The molecule has 0 spiro atoms. The first kappa shape index (κ1) is 15.2. The average molecular weight is 347 g/mol. The van der Waals surface area contributed by atoms with E-state index in [-0.39, 0.29) is 22.8 Å². The third-order valence-electron chi connectivity index (χ3n) is 2.93. The lowest BCUT2D eigenvalue weighted by Crippen LogP contribution is -2.45. The number of hydrogen-bond acceptors (Lipinski definition) is 5. The lowest BCUT2D eigenvalue weighted by molar-refractivity contribution is -0.111. The zero-order valence-corrected chi connectivity index (χ0v) is 13.1. The Morgan fingerprint density at radius 1 is 0.952 bits per heavy atom. The summed E-state index contributed by atoms with van der Waals surface area (Å²) >= 11 is 0. The fourth-order valence-corrected chi connectivity index (χ4v) is 1.97. The maximum atomic E-state index is 11.8. The minimum absolute atomic E-state index is 0. The normalized spacial score (nSPS) is 13.7. The fourth-order valence-electron chi connectivity index (χ4n) is 1.97. The number of nitrogens with one attached hydrogen (secondary N) is 1. The van der Waals surface area contributed by atoms with E-state index in [1.165, 1.54) is 6.92 Å². The SMILES string of the molecule is Br.CC(=O)C1=NN(c2ccccc2)NN1c1ccccc1. The Morgan fingerprint density at radius 3 is 2.00 bits per heavy atom. The van der Waals surface area contributed by atoms with Gasteiger partial charge in [0.05, 0.1) is 11.4 Å². The summed E-state index contributed by atoms with van der Waals surface area (Å²) in [5, 5.41) is 7.59. The van der Waals surface area contributed by atoms with Gasteiger partial charge < -0.3 is 0 Å². The molecule has 21 heavy (non-hydrogen) atoms. The van der Waals surface area contributed by atoms with Gasteiger partial charge in [0.15, 0.2) is 5.78 Å². The number of carbonyl (C=O) groups excluding carboxylic acids is 1. The van der Waals surface area contributed by atoms with E-state index in [0.717, 1.165) is 11.4 Å². The molecule has 0 atom stereocenters. The van der Waals surface area contributed by atoms with Gasteiger partial charge in [-0.3, -0.25) is 4.79 Å². The Balaban J connectivity index is 0.00000161. The van der Waals surface area contributed by atoms with Crippen molar-refractivity contribution in [3.05, 3.63) is 60.7 Å². The Hall–Kier alpha value is -2.18. The summed E-state index contributed by atoms with van der Waals surface area (Å²) in [5.41, 5.74) is 4.82. The molecule has 0 saturated heterocycles. The highest BCUT2D eigenvalue weighted by Crippen LogP contribution is 2.21. The second kappa shape index (κ2) is 6.51. The summed E-state index contributed by atoms with van der Waals surface area (Å²) in [6.45, 7) is 1.50. The van der Waals surface area contributed by atoms with Crippen molar-refractivity contribution in [2.24, 2.45) is 5.10 Å². The highest BCUT2D eigenvalue weighted by molar-refractivity contribution is 8.93. The van der Waals surface area contributed by atoms with E-state index in [1.54, 1.807) is 10.1 Å². The molecule has 0 bridgehead atoms. The number of Topliss-reactive ketones (excluding diaryl/α,β-unsaturated/α-hetero) is 1. The Labute approximate surface area is 133 Å². The van der Waals surface area contributed by atoms with Gasteiger partial charge in [-0.05, 0) is 24.3 Å². The number of amidine groups is 1. The summed E-state index contributed by atoms with van der Waals surface area (Å²) in [6, 6.07) is 19.2. The van der Waals surface area contributed by atoms with Crippen molar-refractivity contribution in [1.29, 1.82) is 0 Å². The van der Waals surface area contributed by atoms with Crippen molar-refractivity contribution in [1.82, 2.24) is 5.53 Å². The number of rotatable bonds is 3. The molecular formula is C15H15BrN4O. The van der Waals surface area contributed by atoms with Gasteiger partial charge in [0.25, 0.3) is 0 Å². The molecule has 0 aromatic heterocycles. The molecule has 0 fully saturated rings. The van der Waals surface area contributed by atoms with Crippen molar-refractivity contribution < 1.29 is 4.79 Å². The van der Waals surface area contributed by atoms with Crippen LogP contribution in [0.25, 0.3) is 0 Å². The molecule has 0 saturated carbocycles. The first-order valence-electron chi connectivity index (χ1n) is 6.32. The van der Waals surface area contributed by atoms with Gasteiger partial charge in [-0.15, -0.1) is 27.6 Å². The predicted molar refractivity (Wildman–Crippen MR) is 89.4 cm³/mol. The van der Waals surface area contributed by atoms with Gasteiger partial charge in [-0.2, -0.15) is 5.12 Å². The second-order valence-corrected chi connectivity index (χ2v) is 4.40. The summed E-state index contributed by atoms with van der Waals surface area (Å²) in [7, 11) is 0. The maximum absolute atomic E-state index is 11.8. The standard InChI is InChI=1S/C15H14N4O.BrH/c1-12(20)15-16-19(14-10-6-3-7-11-14)17-18(15)13-8-4-2-5-9-13;/h2-11,17H,1H3;1H. The van der Waals surface area contributed by atoms with Crippen LogP contribution in [-0.2, 0) is 4.79 Å². The highest BCUT2D eigenvalue weighted by atomic mass is 79.9. The molecule has 1 N–H and O–H groups in total. The average Bonchev–Trinajstić information content (AvgIpc) is 2.94. The number of para-hydroxylation sites is 2. The van der Waals surface area contributed by atoms with Crippen LogP contribution >= 0.6 is 17.0 Å².